The lowest BCUT2D eigenvalue weighted by molar-refractivity contribution is -0.114. The van der Waals surface area contributed by atoms with Crippen LogP contribution in [0.15, 0.2) is 42.5 Å². The Morgan fingerprint density at radius 2 is 1.72 bits per heavy atom. The van der Waals surface area contributed by atoms with E-state index in [9.17, 15) is 9.90 Å². The van der Waals surface area contributed by atoms with Gasteiger partial charge in [0, 0.05) is 55.2 Å². The average molecular weight is 480 g/mol. The van der Waals surface area contributed by atoms with Gasteiger partial charge < -0.3 is 15.2 Å². The van der Waals surface area contributed by atoms with E-state index in [0.29, 0.717) is 35.1 Å². The van der Waals surface area contributed by atoms with Crippen LogP contribution in [0, 0.1) is 0 Å². The highest BCUT2D eigenvalue weighted by Gasteiger charge is 2.30. The SMILES string of the molecule is CC(=O)Nc1cc(Cl)ccc1OCC(O)CN1CC(C)N(Cc2ccc(Cl)cc2)CC1C. The molecule has 2 aromatic rings. The van der Waals surface area contributed by atoms with Gasteiger partial charge >= 0.3 is 0 Å². The van der Waals surface area contributed by atoms with Crippen LogP contribution < -0.4 is 10.1 Å². The van der Waals surface area contributed by atoms with E-state index in [-0.39, 0.29) is 12.5 Å². The number of nitrogens with one attached hydrogen (secondary N) is 1. The Morgan fingerprint density at radius 3 is 2.41 bits per heavy atom. The molecule has 0 radical (unpaired) electrons. The molecule has 1 amide bonds. The molecular weight excluding hydrogens is 449 g/mol. The lowest BCUT2D eigenvalue weighted by atomic mass is 10.1. The molecule has 0 aromatic heterocycles. The van der Waals surface area contributed by atoms with Gasteiger partial charge in [0.05, 0.1) is 5.69 Å². The number of carbonyl (C=O) groups is 1. The number of aliphatic hydroxyl groups excluding tert-OH is 1. The quantitative estimate of drug-likeness (QED) is 0.591. The number of benzene rings is 2. The molecule has 1 aliphatic heterocycles. The molecule has 3 unspecified atom stereocenters. The maximum Gasteiger partial charge on any atom is 0.221 e. The van der Waals surface area contributed by atoms with Gasteiger partial charge in [0.1, 0.15) is 18.5 Å². The Bertz CT molecular complexity index is 910. The maximum absolute atomic E-state index is 11.4. The van der Waals surface area contributed by atoms with Crippen molar-refractivity contribution in [3.05, 3.63) is 58.1 Å². The summed E-state index contributed by atoms with van der Waals surface area (Å²) in [4.78, 5) is 16.2. The molecule has 2 N–H and O–H groups in total. The average Bonchev–Trinajstić information content (AvgIpc) is 2.72. The molecule has 3 atom stereocenters. The molecule has 1 fully saturated rings. The van der Waals surface area contributed by atoms with E-state index >= 15 is 0 Å². The van der Waals surface area contributed by atoms with Crippen LogP contribution in [0.1, 0.15) is 26.3 Å². The Morgan fingerprint density at radius 1 is 1.09 bits per heavy atom. The summed E-state index contributed by atoms with van der Waals surface area (Å²) in [6.45, 7) is 9.13. The minimum Gasteiger partial charge on any atom is -0.489 e. The van der Waals surface area contributed by atoms with Crippen molar-refractivity contribution in [3.63, 3.8) is 0 Å². The van der Waals surface area contributed by atoms with Crippen molar-refractivity contribution in [1.29, 1.82) is 0 Å². The number of anilines is 1. The van der Waals surface area contributed by atoms with Crippen molar-refractivity contribution < 1.29 is 14.6 Å². The van der Waals surface area contributed by atoms with Crippen molar-refractivity contribution in [2.75, 3.05) is 31.6 Å². The lowest BCUT2D eigenvalue weighted by Gasteiger charge is -2.44. The Kier molecular flexibility index (Phi) is 8.79. The zero-order chi connectivity index (χ0) is 23.3. The van der Waals surface area contributed by atoms with Gasteiger partial charge in [-0.3, -0.25) is 14.6 Å². The van der Waals surface area contributed by atoms with Gasteiger partial charge in [-0.25, -0.2) is 0 Å². The van der Waals surface area contributed by atoms with Gasteiger partial charge in [-0.05, 0) is 49.7 Å². The number of carbonyl (C=O) groups excluding carboxylic acids is 1. The highest BCUT2D eigenvalue weighted by Crippen LogP contribution is 2.28. The van der Waals surface area contributed by atoms with Crippen LogP contribution in [-0.4, -0.2) is 65.2 Å². The van der Waals surface area contributed by atoms with Gasteiger partial charge in [-0.2, -0.15) is 0 Å². The summed E-state index contributed by atoms with van der Waals surface area (Å²) in [6.07, 6.45) is -0.659. The summed E-state index contributed by atoms with van der Waals surface area (Å²) in [5.74, 6) is 0.273. The van der Waals surface area contributed by atoms with Gasteiger partial charge in [0.25, 0.3) is 0 Å². The van der Waals surface area contributed by atoms with Crippen molar-refractivity contribution in [2.45, 2.75) is 45.5 Å². The van der Waals surface area contributed by atoms with Crippen LogP contribution in [-0.2, 0) is 11.3 Å². The zero-order valence-electron chi connectivity index (χ0n) is 18.7. The predicted molar refractivity (Wildman–Crippen MR) is 130 cm³/mol. The monoisotopic (exact) mass is 479 g/mol. The number of ether oxygens (including phenoxy) is 1. The van der Waals surface area contributed by atoms with Crippen molar-refractivity contribution in [1.82, 2.24) is 9.80 Å². The van der Waals surface area contributed by atoms with Crippen LogP contribution in [0.25, 0.3) is 0 Å². The Hall–Kier alpha value is -1.83. The first-order valence-electron chi connectivity index (χ1n) is 10.8. The van der Waals surface area contributed by atoms with E-state index in [2.05, 4.69) is 41.1 Å². The molecule has 32 heavy (non-hydrogen) atoms. The fourth-order valence-electron chi connectivity index (χ4n) is 3.99. The number of nitrogens with zero attached hydrogens (tertiary/aromatic N) is 2. The van der Waals surface area contributed by atoms with Crippen LogP contribution in [0.2, 0.25) is 10.0 Å². The molecule has 174 valence electrons. The number of rotatable bonds is 8. The zero-order valence-corrected chi connectivity index (χ0v) is 20.2. The molecule has 1 heterocycles. The summed E-state index contributed by atoms with van der Waals surface area (Å²) in [5, 5.41) is 14.6. The molecule has 0 aliphatic carbocycles. The molecule has 2 aromatic carbocycles. The smallest absolute Gasteiger partial charge is 0.221 e. The Labute approximate surface area is 200 Å². The van der Waals surface area contributed by atoms with Crippen LogP contribution >= 0.6 is 23.2 Å². The third-order valence-corrected chi connectivity index (χ3v) is 6.16. The number of amides is 1. The summed E-state index contributed by atoms with van der Waals surface area (Å²) >= 11 is 12.0. The van der Waals surface area contributed by atoms with Gasteiger partial charge in [0.2, 0.25) is 5.91 Å². The van der Waals surface area contributed by atoms with Crippen LogP contribution in [0.4, 0.5) is 5.69 Å². The molecule has 0 saturated carbocycles. The fourth-order valence-corrected chi connectivity index (χ4v) is 4.29. The van der Waals surface area contributed by atoms with Crippen molar-refractivity contribution in [2.24, 2.45) is 0 Å². The Balaban J connectivity index is 1.52. The fraction of sp³-hybridized carbons (Fsp3) is 0.458. The molecule has 6 nitrogen and oxygen atoms in total. The molecule has 1 saturated heterocycles. The van der Waals surface area contributed by atoms with Gasteiger partial charge in [0.15, 0.2) is 0 Å². The number of piperazine rings is 1. The summed E-state index contributed by atoms with van der Waals surface area (Å²) in [7, 11) is 0. The molecule has 0 spiro atoms. The largest absolute Gasteiger partial charge is 0.489 e. The third kappa shape index (κ3) is 7.09. The second kappa shape index (κ2) is 11.3. The van der Waals surface area contributed by atoms with Crippen LogP contribution in [0.3, 0.4) is 0 Å². The number of aliphatic hydroxyl groups is 1. The second-order valence-corrected chi connectivity index (χ2v) is 9.37. The van der Waals surface area contributed by atoms with E-state index in [4.69, 9.17) is 27.9 Å². The maximum atomic E-state index is 11.4. The summed E-state index contributed by atoms with van der Waals surface area (Å²) < 4.78 is 5.80. The lowest BCUT2D eigenvalue weighted by Crippen LogP contribution is -2.57. The molecule has 3 rings (SSSR count). The minimum absolute atomic E-state index is 0.125. The summed E-state index contributed by atoms with van der Waals surface area (Å²) in [5.41, 5.74) is 1.74. The second-order valence-electron chi connectivity index (χ2n) is 8.49. The topological polar surface area (TPSA) is 65.0 Å². The number of β-amino-alcohol motifs (C(OH)–C–C–N with tert-alkyl or cyclic N) is 1. The normalized spacial score (nSPS) is 20.7. The standard InChI is InChI=1S/C24H31Cl2N3O3/c1-16-12-29(17(2)11-28(16)13-19-4-6-20(25)7-5-19)14-22(31)15-32-24-9-8-21(26)10-23(24)27-18(3)30/h4-10,16-17,22,31H,11-15H2,1-3H3,(H,27,30). The van der Waals surface area contributed by atoms with E-state index in [1.165, 1.54) is 12.5 Å². The minimum atomic E-state index is -0.659. The highest BCUT2D eigenvalue weighted by molar-refractivity contribution is 6.31. The molecule has 8 heteroatoms. The van der Waals surface area contributed by atoms with Gasteiger partial charge in [-0.15, -0.1) is 0 Å². The molecular formula is C24H31Cl2N3O3. The van der Waals surface area contributed by atoms with E-state index in [1.807, 2.05) is 12.1 Å². The van der Waals surface area contributed by atoms with E-state index in [0.717, 1.165) is 24.7 Å². The van der Waals surface area contributed by atoms with Gasteiger partial charge in [-0.1, -0.05) is 35.3 Å². The molecule has 1 aliphatic rings. The van der Waals surface area contributed by atoms with E-state index < -0.39 is 6.10 Å². The number of hydrogen-bond acceptors (Lipinski definition) is 5. The first-order chi connectivity index (χ1) is 15.2. The predicted octanol–water partition coefficient (Wildman–Crippen LogP) is 4.29. The number of halogens is 2. The molecule has 0 bridgehead atoms. The van der Waals surface area contributed by atoms with E-state index in [1.54, 1.807) is 18.2 Å². The third-order valence-electron chi connectivity index (χ3n) is 5.67. The first kappa shape index (κ1) is 24.8. The van der Waals surface area contributed by atoms with Crippen LogP contribution in [0.5, 0.6) is 5.75 Å². The van der Waals surface area contributed by atoms with Crippen molar-refractivity contribution >= 4 is 34.8 Å². The first-order valence-corrected chi connectivity index (χ1v) is 11.6. The highest BCUT2D eigenvalue weighted by atomic mass is 35.5. The number of hydrogen-bond donors (Lipinski definition) is 2. The van der Waals surface area contributed by atoms with Crippen molar-refractivity contribution in [3.8, 4) is 5.75 Å². The summed E-state index contributed by atoms with van der Waals surface area (Å²) in [6, 6.07) is 13.7.